The number of aromatic amines is 1. The van der Waals surface area contributed by atoms with Gasteiger partial charge in [-0.3, -0.25) is 9.59 Å². The highest BCUT2D eigenvalue weighted by Crippen LogP contribution is 2.59. The summed E-state index contributed by atoms with van der Waals surface area (Å²) in [5.41, 5.74) is 2.92. The van der Waals surface area contributed by atoms with Crippen LogP contribution in [0.15, 0.2) is 30.3 Å². The number of H-pyrrole nitrogens is 1. The molecule has 1 unspecified atom stereocenters. The van der Waals surface area contributed by atoms with Crippen molar-refractivity contribution < 1.29 is 14.0 Å². The van der Waals surface area contributed by atoms with E-state index in [2.05, 4.69) is 27.4 Å². The lowest BCUT2D eigenvalue weighted by molar-refractivity contribution is -0.124. The fraction of sp³-hybridized carbons (Fsp3) is 0.562. The van der Waals surface area contributed by atoms with Gasteiger partial charge in [-0.15, -0.1) is 0 Å². The average Bonchev–Trinajstić information content (AvgIpc) is 3.51. The summed E-state index contributed by atoms with van der Waals surface area (Å²) in [5, 5.41) is 14.2. The maximum atomic E-state index is 13.7. The first-order valence-electron chi connectivity index (χ1n) is 15.1. The third-order valence-corrected chi connectivity index (χ3v) is 8.93. The second kappa shape index (κ2) is 14.0. The zero-order valence-electron chi connectivity index (χ0n) is 24.7. The molecule has 1 saturated heterocycles. The lowest BCUT2D eigenvalue weighted by Gasteiger charge is -2.32. The summed E-state index contributed by atoms with van der Waals surface area (Å²) in [6.07, 6.45) is 10.3. The lowest BCUT2D eigenvalue weighted by Crippen LogP contribution is -2.37. The van der Waals surface area contributed by atoms with Crippen LogP contribution in [0, 0.1) is 22.6 Å². The molecule has 1 saturated carbocycles. The quantitative estimate of drug-likeness (QED) is 0.165. The second-order valence-electron chi connectivity index (χ2n) is 11.5. The highest BCUT2D eigenvalue weighted by Gasteiger charge is 2.58. The summed E-state index contributed by atoms with van der Waals surface area (Å²) >= 11 is 0. The van der Waals surface area contributed by atoms with Gasteiger partial charge in [0, 0.05) is 37.6 Å². The minimum Gasteiger partial charge on any atom is -0.386 e. The fourth-order valence-electron chi connectivity index (χ4n) is 6.12. The molecule has 1 aliphatic heterocycles. The molecule has 1 spiro atoms. The maximum Gasteiger partial charge on any atom is 0.224 e. The lowest BCUT2D eigenvalue weighted by atomic mass is 9.90. The summed E-state index contributed by atoms with van der Waals surface area (Å²) in [6, 6.07) is 5.81. The molecule has 0 radical (unpaired) electrons. The first-order chi connectivity index (χ1) is 19.8. The van der Waals surface area contributed by atoms with Crippen molar-refractivity contribution in [3.05, 3.63) is 47.5 Å². The number of Topliss-reactive ketones (excluding diaryl/α,β-unsaturated/α-hetero) is 1. The van der Waals surface area contributed by atoms with Crippen molar-refractivity contribution in [2.75, 3.05) is 26.7 Å². The molecule has 0 bridgehead atoms. The van der Waals surface area contributed by atoms with E-state index in [0.29, 0.717) is 42.2 Å². The molecule has 9 heteroatoms. The molecule has 2 fully saturated rings. The monoisotopic (exact) mass is 564 g/mol. The molecule has 41 heavy (non-hydrogen) atoms. The van der Waals surface area contributed by atoms with E-state index in [1.165, 1.54) is 18.3 Å². The number of nitrogens with one attached hydrogen (secondary N) is 4. The third kappa shape index (κ3) is 7.50. The van der Waals surface area contributed by atoms with E-state index in [9.17, 15) is 14.0 Å². The van der Waals surface area contributed by atoms with Gasteiger partial charge in [0.15, 0.2) is 0 Å². The van der Waals surface area contributed by atoms with Gasteiger partial charge in [-0.05, 0) is 87.5 Å². The van der Waals surface area contributed by atoms with Gasteiger partial charge in [0.1, 0.15) is 17.4 Å². The van der Waals surface area contributed by atoms with Crippen molar-refractivity contribution in [1.82, 2.24) is 25.5 Å². The Labute approximate surface area is 243 Å². The Morgan fingerprint density at radius 3 is 2.56 bits per heavy atom. The predicted molar refractivity (Wildman–Crippen MR) is 161 cm³/mol. The Bertz CT molecular complexity index is 1230. The normalized spacial score (nSPS) is 19.1. The van der Waals surface area contributed by atoms with Gasteiger partial charge in [0.05, 0.1) is 23.1 Å². The smallest absolute Gasteiger partial charge is 0.224 e. The Kier molecular flexibility index (Phi) is 10.5. The maximum absolute atomic E-state index is 13.7. The Balaban J connectivity index is 1.59. The van der Waals surface area contributed by atoms with Gasteiger partial charge in [-0.2, -0.15) is 0 Å². The topological polar surface area (TPSA) is 114 Å². The summed E-state index contributed by atoms with van der Waals surface area (Å²) < 4.78 is 13.6. The van der Waals surface area contributed by atoms with Gasteiger partial charge in [0.25, 0.3) is 0 Å². The predicted octanol–water partition coefficient (Wildman–Crippen LogP) is 5.63. The van der Waals surface area contributed by atoms with Gasteiger partial charge in [-0.25, -0.2) is 9.37 Å². The molecule has 1 aliphatic carbocycles. The number of rotatable bonds is 15. The number of piperidine rings is 1. The van der Waals surface area contributed by atoms with Gasteiger partial charge < -0.3 is 25.9 Å². The van der Waals surface area contributed by atoms with Crippen molar-refractivity contribution >= 4 is 23.6 Å². The zero-order valence-corrected chi connectivity index (χ0v) is 24.7. The molecular formula is C32H45FN6O2. The van der Waals surface area contributed by atoms with Crippen LogP contribution in [0.5, 0.6) is 0 Å². The first kappa shape index (κ1) is 30.6. The number of carbonyl (C=O) groups is 2. The van der Waals surface area contributed by atoms with Crippen LogP contribution in [-0.2, 0) is 9.59 Å². The van der Waals surface area contributed by atoms with Crippen LogP contribution in [0.2, 0.25) is 0 Å². The average molecular weight is 565 g/mol. The van der Waals surface area contributed by atoms with Crippen LogP contribution in [0.25, 0.3) is 17.1 Å². The highest BCUT2D eigenvalue weighted by molar-refractivity contribution is 5.84. The van der Waals surface area contributed by atoms with Crippen LogP contribution < -0.4 is 10.6 Å². The third-order valence-electron chi connectivity index (χ3n) is 8.93. The van der Waals surface area contributed by atoms with Gasteiger partial charge >= 0.3 is 0 Å². The molecule has 1 aromatic heterocycles. The number of aromatic nitrogens is 2. The van der Waals surface area contributed by atoms with E-state index in [1.54, 1.807) is 25.3 Å². The van der Waals surface area contributed by atoms with Crippen LogP contribution in [0.4, 0.5) is 4.39 Å². The summed E-state index contributed by atoms with van der Waals surface area (Å²) in [4.78, 5) is 36.3. The van der Waals surface area contributed by atoms with E-state index in [0.717, 1.165) is 63.7 Å². The molecular weight excluding hydrogens is 519 g/mol. The molecule has 4 N–H and O–H groups in total. The molecule has 2 atom stereocenters. The molecule has 1 aromatic carbocycles. The Morgan fingerprint density at radius 2 is 1.93 bits per heavy atom. The molecule has 2 heterocycles. The number of carbonyl (C=O) groups excluding carboxylic acids is 2. The Morgan fingerprint density at radius 1 is 1.20 bits per heavy atom. The molecule has 2 aromatic rings. The van der Waals surface area contributed by atoms with Crippen LogP contribution in [0.1, 0.15) is 89.1 Å². The van der Waals surface area contributed by atoms with Gasteiger partial charge in [0.2, 0.25) is 5.91 Å². The Hall–Kier alpha value is -3.33. The number of unbranched alkanes of at least 4 members (excludes halogenated alkanes) is 2. The number of hydrogen-bond donors (Lipinski definition) is 4. The second-order valence-corrected chi connectivity index (χ2v) is 11.5. The van der Waals surface area contributed by atoms with Crippen molar-refractivity contribution in [1.29, 1.82) is 5.41 Å². The zero-order chi connectivity index (χ0) is 29.4. The van der Waals surface area contributed by atoms with E-state index in [1.807, 2.05) is 6.92 Å². The van der Waals surface area contributed by atoms with Crippen molar-refractivity contribution in [3.63, 3.8) is 0 Å². The number of hydrogen-bond acceptors (Lipinski definition) is 6. The summed E-state index contributed by atoms with van der Waals surface area (Å²) in [7, 11) is 1.78. The van der Waals surface area contributed by atoms with E-state index in [-0.39, 0.29) is 34.9 Å². The van der Waals surface area contributed by atoms with Crippen molar-refractivity contribution in [2.24, 2.45) is 11.3 Å². The highest BCUT2D eigenvalue weighted by atomic mass is 19.1. The number of benzene rings is 1. The van der Waals surface area contributed by atoms with E-state index < -0.39 is 0 Å². The molecule has 222 valence electrons. The van der Waals surface area contributed by atoms with Gasteiger partial charge in [-0.1, -0.05) is 26.7 Å². The number of imidazole rings is 1. The van der Waals surface area contributed by atoms with Crippen molar-refractivity contribution in [3.8, 4) is 11.4 Å². The van der Waals surface area contributed by atoms with Crippen LogP contribution in [-0.4, -0.2) is 59.5 Å². The largest absolute Gasteiger partial charge is 0.386 e. The van der Waals surface area contributed by atoms with E-state index in [4.69, 9.17) is 10.4 Å². The standard InChI is InChI=1S/C32H45FN6O2/c1-4-24(40)9-7-6-8-10-27(36-31(41)25-21-32(25)16-19-39(5-2)20-17-32)29-28(26(35-3)15-18-34)37-30(38-29)22-11-13-23(33)14-12-22/h11-15,18,25,27,34-35H,4-10,16-17,19-21H2,1-3H3,(H,36,41)(H,37,38)/b26-15-,34-18?/t25?,27-/m0/s1. The number of ketones is 1. The minimum absolute atomic E-state index is 0.0195. The number of allylic oxidation sites excluding steroid dienone is 1. The molecule has 1 amide bonds. The van der Waals surface area contributed by atoms with Crippen LogP contribution >= 0.6 is 0 Å². The van der Waals surface area contributed by atoms with Crippen LogP contribution in [0.3, 0.4) is 0 Å². The SMILES string of the molecule is CCC(=O)CCCCC[C@H](NC(=O)C1CC12CCN(CC)CC2)c1nc(-c2ccc(F)cc2)[nH]c1/C(=C/C=N)NC. The molecule has 4 rings (SSSR count). The first-order valence-corrected chi connectivity index (χ1v) is 15.1. The van der Waals surface area contributed by atoms with E-state index >= 15 is 0 Å². The summed E-state index contributed by atoms with van der Waals surface area (Å²) in [6.45, 7) is 7.22. The molecule has 8 nitrogen and oxygen atoms in total. The number of amides is 1. The molecule has 2 aliphatic rings. The fourth-order valence-corrected chi connectivity index (χ4v) is 6.12. The van der Waals surface area contributed by atoms with Crippen molar-refractivity contribution in [2.45, 2.75) is 77.7 Å². The minimum atomic E-state index is -0.347. The number of nitrogens with zero attached hydrogens (tertiary/aromatic N) is 2. The number of halogens is 1. The summed E-state index contributed by atoms with van der Waals surface area (Å²) in [5.74, 6) is 0.627. The number of likely N-dealkylation sites (tertiary alicyclic amines) is 1.